The van der Waals surface area contributed by atoms with Crippen molar-refractivity contribution in [1.29, 1.82) is 0 Å². The number of benzene rings is 2. The SMILES string of the molecule is CCC(Oc1ccc(/C=C2/SC(=S)N(c3cccc(C)c3)C2=O)cc1OC)C(=O)O. The van der Waals surface area contributed by atoms with Crippen molar-refractivity contribution in [3.05, 3.63) is 58.5 Å². The van der Waals surface area contributed by atoms with Crippen LogP contribution in [0.2, 0.25) is 0 Å². The normalized spacial score (nSPS) is 16.1. The van der Waals surface area contributed by atoms with Crippen LogP contribution >= 0.6 is 24.0 Å². The smallest absolute Gasteiger partial charge is 0.344 e. The molecule has 1 amide bonds. The van der Waals surface area contributed by atoms with Crippen molar-refractivity contribution in [2.75, 3.05) is 12.0 Å². The fraction of sp³-hybridized carbons (Fsp3) is 0.227. The lowest BCUT2D eigenvalue weighted by Crippen LogP contribution is -2.27. The van der Waals surface area contributed by atoms with E-state index in [1.54, 1.807) is 31.2 Å². The van der Waals surface area contributed by atoms with Gasteiger partial charge >= 0.3 is 5.97 Å². The van der Waals surface area contributed by atoms with E-state index in [1.807, 2.05) is 31.2 Å². The zero-order valence-electron chi connectivity index (χ0n) is 16.7. The number of aliphatic carboxylic acids is 1. The Labute approximate surface area is 184 Å². The minimum absolute atomic E-state index is 0.188. The van der Waals surface area contributed by atoms with Crippen LogP contribution < -0.4 is 14.4 Å². The Morgan fingerprint density at radius 2 is 2.03 bits per heavy atom. The summed E-state index contributed by atoms with van der Waals surface area (Å²) < 4.78 is 11.4. The topological polar surface area (TPSA) is 76.1 Å². The number of carbonyl (C=O) groups excluding carboxylic acids is 1. The van der Waals surface area contributed by atoms with Gasteiger partial charge in [-0.2, -0.15) is 0 Å². The number of hydrogen-bond acceptors (Lipinski definition) is 6. The van der Waals surface area contributed by atoms with Crippen LogP contribution in [-0.2, 0) is 9.59 Å². The summed E-state index contributed by atoms with van der Waals surface area (Å²) in [6.45, 7) is 3.69. The van der Waals surface area contributed by atoms with Gasteiger partial charge in [-0.3, -0.25) is 9.69 Å². The van der Waals surface area contributed by atoms with Crippen LogP contribution in [0, 0.1) is 6.92 Å². The third kappa shape index (κ3) is 4.66. The van der Waals surface area contributed by atoms with Gasteiger partial charge in [0.15, 0.2) is 21.9 Å². The van der Waals surface area contributed by atoms with Gasteiger partial charge in [-0.15, -0.1) is 0 Å². The van der Waals surface area contributed by atoms with Crippen LogP contribution in [0.25, 0.3) is 6.08 Å². The molecule has 1 fully saturated rings. The summed E-state index contributed by atoms with van der Waals surface area (Å²) in [6.07, 6.45) is 1.09. The number of amides is 1. The Bertz CT molecular complexity index is 1030. The molecule has 1 saturated heterocycles. The lowest BCUT2D eigenvalue weighted by atomic mass is 10.1. The van der Waals surface area contributed by atoms with E-state index in [0.717, 1.165) is 11.3 Å². The summed E-state index contributed by atoms with van der Waals surface area (Å²) in [7, 11) is 1.48. The molecule has 0 aliphatic carbocycles. The summed E-state index contributed by atoms with van der Waals surface area (Å²) in [5, 5.41) is 9.20. The number of carboxylic acid groups (broad SMARTS) is 1. The zero-order valence-corrected chi connectivity index (χ0v) is 18.4. The van der Waals surface area contributed by atoms with E-state index in [2.05, 4.69) is 0 Å². The molecule has 1 unspecified atom stereocenters. The van der Waals surface area contributed by atoms with Crippen molar-refractivity contribution >= 4 is 51.9 Å². The van der Waals surface area contributed by atoms with Gasteiger partial charge < -0.3 is 14.6 Å². The van der Waals surface area contributed by atoms with Crippen LogP contribution in [0.1, 0.15) is 24.5 Å². The van der Waals surface area contributed by atoms with Crippen molar-refractivity contribution in [3.8, 4) is 11.5 Å². The van der Waals surface area contributed by atoms with Crippen molar-refractivity contribution in [2.45, 2.75) is 26.4 Å². The minimum Gasteiger partial charge on any atom is -0.493 e. The molecule has 0 aromatic heterocycles. The average Bonchev–Trinajstić information content (AvgIpc) is 2.99. The van der Waals surface area contributed by atoms with Crippen molar-refractivity contribution in [2.24, 2.45) is 0 Å². The Hall–Kier alpha value is -2.84. The molecule has 30 heavy (non-hydrogen) atoms. The number of ether oxygens (including phenoxy) is 2. The first-order chi connectivity index (χ1) is 14.3. The zero-order chi connectivity index (χ0) is 21.8. The molecule has 156 valence electrons. The summed E-state index contributed by atoms with van der Waals surface area (Å²) in [5.41, 5.74) is 2.49. The Balaban J connectivity index is 1.87. The molecule has 2 aromatic rings. The summed E-state index contributed by atoms with van der Waals surface area (Å²) in [4.78, 5) is 26.2. The van der Waals surface area contributed by atoms with E-state index in [4.69, 9.17) is 21.7 Å². The molecule has 0 saturated carbocycles. The molecule has 1 atom stereocenters. The van der Waals surface area contributed by atoms with Gasteiger partial charge in [0, 0.05) is 0 Å². The Morgan fingerprint density at radius 1 is 1.27 bits per heavy atom. The quantitative estimate of drug-likeness (QED) is 0.493. The summed E-state index contributed by atoms with van der Waals surface area (Å²) >= 11 is 6.65. The maximum atomic E-state index is 12.9. The standard InChI is InChI=1S/C22H21NO5S2/c1-4-16(21(25)26)28-17-9-8-14(11-18(17)27-3)12-19-20(24)23(22(29)30-19)15-7-5-6-13(2)10-15/h5-12,16H,4H2,1-3H3,(H,25,26)/b19-12+. The van der Waals surface area contributed by atoms with Gasteiger partial charge in [0.25, 0.3) is 5.91 Å². The number of anilines is 1. The minimum atomic E-state index is -1.04. The van der Waals surface area contributed by atoms with E-state index in [1.165, 1.54) is 23.8 Å². The maximum Gasteiger partial charge on any atom is 0.344 e. The lowest BCUT2D eigenvalue weighted by Gasteiger charge is -2.16. The average molecular weight is 444 g/mol. The largest absolute Gasteiger partial charge is 0.493 e. The Kier molecular flexibility index (Phi) is 6.79. The number of thiocarbonyl (C=S) groups is 1. The third-order valence-corrected chi connectivity index (χ3v) is 5.76. The molecule has 1 aliphatic rings. The van der Waals surface area contributed by atoms with Gasteiger partial charge in [0.1, 0.15) is 0 Å². The predicted octanol–water partition coefficient (Wildman–Crippen LogP) is 4.65. The number of thioether (sulfide) groups is 1. The van der Waals surface area contributed by atoms with Crippen molar-refractivity contribution < 1.29 is 24.2 Å². The second-order valence-electron chi connectivity index (χ2n) is 6.62. The molecule has 2 aromatic carbocycles. The molecule has 0 spiro atoms. The fourth-order valence-electron chi connectivity index (χ4n) is 2.94. The molecular weight excluding hydrogens is 422 g/mol. The Morgan fingerprint density at radius 3 is 2.67 bits per heavy atom. The highest BCUT2D eigenvalue weighted by Gasteiger charge is 2.33. The number of hydrogen-bond donors (Lipinski definition) is 1. The van der Waals surface area contributed by atoms with Crippen molar-refractivity contribution in [3.63, 3.8) is 0 Å². The van der Waals surface area contributed by atoms with Gasteiger partial charge in [0.05, 0.1) is 17.7 Å². The van der Waals surface area contributed by atoms with E-state index < -0.39 is 12.1 Å². The molecule has 1 N–H and O–H groups in total. The van der Waals surface area contributed by atoms with Crippen LogP contribution in [-0.4, -0.2) is 34.5 Å². The number of aryl methyl sites for hydroxylation is 1. The van der Waals surface area contributed by atoms with Gasteiger partial charge in [-0.25, -0.2) is 4.79 Å². The summed E-state index contributed by atoms with van der Waals surface area (Å²) in [5.74, 6) is -0.510. The van der Waals surface area contributed by atoms with E-state index in [0.29, 0.717) is 32.7 Å². The van der Waals surface area contributed by atoms with Crippen LogP contribution in [0.15, 0.2) is 47.4 Å². The molecule has 0 bridgehead atoms. The molecule has 3 rings (SSSR count). The molecule has 1 aliphatic heterocycles. The first kappa shape index (κ1) is 21.9. The van der Waals surface area contributed by atoms with Crippen molar-refractivity contribution in [1.82, 2.24) is 0 Å². The lowest BCUT2D eigenvalue weighted by molar-refractivity contribution is -0.145. The number of carbonyl (C=O) groups is 2. The first-order valence-electron chi connectivity index (χ1n) is 9.26. The first-order valence-corrected chi connectivity index (χ1v) is 10.5. The van der Waals surface area contributed by atoms with Gasteiger partial charge in [0.2, 0.25) is 0 Å². The van der Waals surface area contributed by atoms with E-state index in [-0.39, 0.29) is 5.91 Å². The number of rotatable bonds is 7. The van der Waals surface area contributed by atoms with E-state index >= 15 is 0 Å². The molecule has 0 radical (unpaired) electrons. The number of methoxy groups -OCH3 is 1. The molecular formula is C22H21NO5S2. The molecule has 1 heterocycles. The monoisotopic (exact) mass is 443 g/mol. The van der Waals surface area contributed by atoms with Crippen LogP contribution in [0.3, 0.4) is 0 Å². The third-order valence-electron chi connectivity index (χ3n) is 4.45. The van der Waals surface area contributed by atoms with E-state index in [9.17, 15) is 14.7 Å². The fourth-order valence-corrected chi connectivity index (χ4v) is 4.24. The highest BCUT2D eigenvalue weighted by Crippen LogP contribution is 2.37. The number of nitrogens with zero attached hydrogens (tertiary/aromatic N) is 1. The predicted molar refractivity (Wildman–Crippen MR) is 122 cm³/mol. The van der Waals surface area contributed by atoms with Crippen LogP contribution in [0.4, 0.5) is 5.69 Å². The highest BCUT2D eigenvalue weighted by atomic mass is 32.2. The maximum absolute atomic E-state index is 12.9. The van der Waals surface area contributed by atoms with Gasteiger partial charge in [-0.05, 0) is 54.8 Å². The highest BCUT2D eigenvalue weighted by molar-refractivity contribution is 8.27. The molecule has 8 heteroatoms. The second kappa shape index (κ2) is 9.32. The summed E-state index contributed by atoms with van der Waals surface area (Å²) in [6, 6.07) is 12.7. The molecule has 6 nitrogen and oxygen atoms in total. The van der Waals surface area contributed by atoms with Gasteiger partial charge in [-0.1, -0.05) is 49.1 Å². The number of carboxylic acids is 1. The van der Waals surface area contributed by atoms with Crippen LogP contribution in [0.5, 0.6) is 11.5 Å². The second-order valence-corrected chi connectivity index (χ2v) is 8.30.